The Bertz CT molecular complexity index is 1250. The van der Waals surface area contributed by atoms with Gasteiger partial charge >= 0.3 is 179 Å². The van der Waals surface area contributed by atoms with Crippen molar-refractivity contribution in [1.29, 1.82) is 0 Å². The van der Waals surface area contributed by atoms with Gasteiger partial charge in [-0.3, -0.25) is 0 Å². The van der Waals surface area contributed by atoms with Crippen molar-refractivity contribution < 1.29 is 9.13 Å². The van der Waals surface area contributed by atoms with Crippen LogP contribution in [0.2, 0.25) is 14.8 Å². The first kappa shape index (κ1) is 24.0. The molecule has 1 unspecified atom stereocenters. The van der Waals surface area contributed by atoms with Gasteiger partial charge in [-0.15, -0.1) is 0 Å². The van der Waals surface area contributed by atoms with Crippen LogP contribution in [-0.4, -0.2) is 27.9 Å². The second-order valence-corrected chi connectivity index (χ2v) is 25.1. The van der Waals surface area contributed by atoms with Crippen molar-refractivity contribution >= 4 is 61.4 Å². The van der Waals surface area contributed by atoms with E-state index in [1.165, 1.54) is 9.10 Å². The summed E-state index contributed by atoms with van der Waals surface area (Å²) in [5, 5.41) is 6.21. The molecule has 3 aromatic carbocycles. The molecule has 0 spiro atoms. The molecular weight excluding hydrogens is 640 g/mol. The third-order valence-electron chi connectivity index (χ3n) is 5.56. The fraction of sp³-hybridized carbons (Fsp3) is 0.240. The number of halogens is 2. The Hall–Kier alpha value is -1.18. The Morgan fingerprint density at radius 3 is 2.47 bits per heavy atom. The molecule has 1 heterocycles. The summed E-state index contributed by atoms with van der Waals surface area (Å²) < 4.78 is 24.3. The molecule has 0 amide bonds. The van der Waals surface area contributed by atoms with Crippen LogP contribution in [-0.2, 0) is 13.0 Å². The van der Waals surface area contributed by atoms with Gasteiger partial charge in [0.2, 0.25) is 0 Å². The summed E-state index contributed by atoms with van der Waals surface area (Å²) in [7, 11) is 0. The number of hydrogen-bond donors (Lipinski definition) is 0. The third kappa shape index (κ3) is 5.00. The van der Waals surface area contributed by atoms with Crippen LogP contribution >= 0.6 is 28.4 Å². The number of rotatable bonds is 7. The van der Waals surface area contributed by atoms with Gasteiger partial charge in [0.05, 0.1) is 0 Å². The van der Waals surface area contributed by atoms with E-state index in [0.717, 1.165) is 34.2 Å². The summed E-state index contributed by atoms with van der Waals surface area (Å²) in [6, 6.07) is 19.8. The van der Waals surface area contributed by atoms with Crippen molar-refractivity contribution in [2.45, 2.75) is 34.8 Å². The minimum absolute atomic E-state index is 0.304. The number of nitrogens with zero attached hydrogens (tertiary/aromatic N) is 2. The molecule has 0 aliphatic carbocycles. The standard InChI is InChI=1S/C22H18FIN2OP.3CH3.Sn/c1-2-16-11-22(27-14-15-6-4-3-5-7-15)20(23)12-19(16)17-8-9-18-13-25-26(28-24)21(18)10-17;;;;/h3-12,28H,2,14H2,1H3;3*1H3;. The van der Waals surface area contributed by atoms with Crippen molar-refractivity contribution in [3.8, 4) is 16.9 Å². The van der Waals surface area contributed by atoms with Crippen molar-refractivity contribution in [2.75, 3.05) is 0 Å². The van der Waals surface area contributed by atoms with E-state index in [2.05, 4.69) is 66.4 Å². The molecule has 166 valence electrons. The Balaban J connectivity index is 1.73. The van der Waals surface area contributed by atoms with E-state index >= 15 is 4.39 Å². The van der Waals surface area contributed by atoms with E-state index in [1.54, 1.807) is 6.07 Å². The van der Waals surface area contributed by atoms with Gasteiger partial charge < -0.3 is 0 Å². The first-order valence-corrected chi connectivity index (χ1v) is 24.8. The first-order chi connectivity index (χ1) is 15.3. The Morgan fingerprint density at radius 1 is 1.06 bits per heavy atom. The number of fused-ring (bicyclic) bond motifs is 1. The molecule has 3 nitrogen and oxygen atoms in total. The average Bonchev–Trinajstić information content (AvgIpc) is 3.17. The maximum absolute atomic E-state index is 15.0. The molecule has 7 heteroatoms. The number of ether oxygens (including phenoxy) is 1. The van der Waals surface area contributed by atoms with Crippen LogP contribution in [0.4, 0.5) is 4.39 Å². The number of aromatic nitrogens is 2. The fourth-order valence-electron chi connectivity index (χ4n) is 3.90. The van der Waals surface area contributed by atoms with E-state index in [9.17, 15) is 0 Å². The molecule has 1 aromatic heterocycles. The van der Waals surface area contributed by atoms with Crippen LogP contribution < -0.4 is 8.45 Å². The molecule has 0 aliphatic heterocycles. The summed E-state index contributed by atoms with van der Waals surface area (Å²) in [5.74, 6) is -0.0255. The SMILES string of the molecule is CCc1cc(OCc2ccccc2)c(F)cc1-c1ccc2[c]([Sn]([CH3])([CH3])[CH3])nn(PI)c2c1. The quantitative estimate of drug-likeness (QED) is 0.117. The van der Waals surface area contributed by atoms with E-state index < -0.39 is 18.4 Å². The molecule has 4 rings (SSSR count). The summed E-state index contributed by atoms with van der Waals surface area (Å²) in [5.41, 5.74) is 5.18. The van der Waals surface area contributed by atoms with Crippen LogP contribution in [0.3, 0.4) is 0 Å². The number of benzene rings is 3. The minimum atomic E-state index is -2.35. The Labute approximate surface area is 207 Å². The van der Waals surface area contributed by atoms with Gasteiger partial charge in [0.25, 0.3) is 0 Å². The second kappa shape index (κ2) is 9.98. The van der Waals surface area contributed by atoms with Crippen molar-refractivity contribution in [1.82, 2.24) is 9.55 Å². The topological polar surface area (TPSA) is 27.1 Å². The zero-order valence-electron chi connectivity index (χ0n) is 18.7. The van der Waals surface area contributed by atoms with E-state index in [-0.39, 0.29) is 5.82 Å². The predicted octanol–water partition coefficient (Wildman–Crippen LogP) is 7.32. The molecule has 0 radical (unpaired) electrons. The zero-order valence-corrected chi connectivity index (χ0v) is 24.8. The Kier molecular flexibility index (Phi) is 7.47. The van der Waals surface area contributed by atoms with Gasteiger partial charge in [0, 0.05) is 0 Å². The molecule has 0 saturated heterocycles. The monoisotopic (exact) mass is 668 g/mol. The molecule has 32 heavy (non-hydrogen) atoms. The Morgan fingerprint density at radius 2 is 1.81 bits per heavy atom. The van der Waals surface area contributed by atoms with Gasteiger partial charge in [0.1, 0.15) is 0 Å². The molecule has 0 N–H and O–H groups in total. The average molecular weight is 667 g/mol. The van der Waals surface area contributed by atoms with Gasteiger partial charge in [-0.1, -0.05) is 30.3 Å². The number of hydrogen-bond acceptors (Lipinski definition) is 2. The fourth-order valence-corrected chi connectivity index (χ4v) is 9.76. The summed E-state index contributed by atoms with van der Waals surface area (Å²) in [4.78, 5) is 7.18. The molecule has 0 aliphatic rings. The summed E-state index contributed by atoms with van der Waals surface area (Å²) in [6.45, 7) is 2.45. The van der Waals surface area contributed by atoms with Gasteiger partial charge in [-0.2, -0.15) is 0 Å². The maximum atomic E-state index is 15.0. The molecular formula is C25H27FIN2OPSn. The number of aryl methyl sites for hydroxylation is 1. The molecule has 0 saturated carbocycles. The normalized spacial score (nSPS) is 12.2. The van der Waals surface area contributed by atoms with E-state index in [0.29, 0.717) is 18.7 Å². The van der Waals surface area contributed by atoms with Crippen LogP contribution in [0.25, 0.3) is 22.0 Å². The predicted molar refractivity (Wildman–Crippen MR) is 146 cm³/mol. The van der Waals surface area contributed by atoms with Gasteiger partial charge in [-0.05, 0) is 0 Å². The van der Waals surface area contributed by atoms with Gasteiger partial charge in [0.15, 0.2) is 0 Å². The van der Waals surface area contributed by atoms with Crippen molar-refractivity contribution in [3.05, 3.63) is 77.6 Å². The molecule has 0 fully saturated rings. The van der Waals surface area contributed by atoms with Crippen molar-refractivity contribution in [2.24, 2.45) is 0 Å². The van der Waals surface area contributed by atoms with Crippen molar-refractivity contribution in [3.63, 3.8) is 0 Å². The van der Waals surface area contributed by atoms with E-state index in [4.69, 9.17) is 9.84 Å². The molecule has 0 bridgehead atoms. The second-order valence-electron chi connectivity index (χ2n) is 8.89. The van der Waals surface area contributed by atoms with Crippen LogP contribution in [0, 0.1) is 5.82 Å². The first-order valence-electron chi connectivity index (χ1n) is 10.7. The summed E-state index contributed by atoms with van der Waals surface area (Å²) >= 11 is 0.0316. The van der Waals surface area contributed by atoms with Crippen LogP contribution in [0.15, 0.2) is 60.7 Å². The molecule has 4 aromatic rings. The zero-order chi connectivity index (χ0) is 22.9. The molecule has 1 atom stereocenters. The van der Waals surface area contributed by atoms with Crippen LogP contribution in [0.1, 0.15) is 18.1 Å². The summed E-state index contributed by atoms with van der Waals surface area (Å²) in [6.07, 6.45) is 1.33. The third-order valence-corrected chi connectivity index (χ3v) is 12.5. The van der Waals surface area contributed by atoms with E-state index in [1.807, 2.05) is 36.4 Å². The van der Waals surface area contributed by atoms with Gasteiger partial charge in [-0.25, -0.2) is 0 Å². The van der Waals surface area contributed by atoms with Crippen LogP contribution in [0.5, 0.6) is 5.75 Å².